The molecule has 0 fully saturated rings. The number of halogens is 1. The van der Waals surface area contributed by atoms with E-state index >= 15 is 0 Å². The number of nitrogens with one attached hydrogen (secondary N) is 1. The molecule has 19 heavy (non-hydrogen) atoms. The van der Waals surface area contributed by atoms with Crippen molar-refractivity contribution in [2.45, 2.75) is 19.4 Å². The number of carbonyl (C=O) groups excluding carboxylic acids is 2. The van der Waals surface area contributed by atoms with Crippen molar-refractivity contribution in [1.82, 2.24) is 10.2 Å². The molecule has 0 saturated carbocycles. The smallest absolute Gasteiger partial charge is 0.264 e. The fraction of sp³-hybridized carbons (Fsp3) is 0.500. The molecule has 106 valence electrons. The van der Waals surface area contributed by atoms with Gasteiger partial charge >= 0.3 is 0 Å². The summed E-state index contributed by atoms with van der Waals surface area (Å²) in [5.41, 5.74) is 5.07. The molecule has 0 atom stereocenters. The third-order valence-electron chi connectivity index (χ3n) is 2.50. The molecule has 0 aromatic carbocycles. The van der Waals surface area contributed by atoms with Crippen molar-refractivity contribution in [3.8, 4) is 0 Å². The molecule has 1 aromatic heterocycles. The van der Waals surface area contributed by atoms with Crippen molar-refractivity contribution in [2.75, 3.05) is 20.1 Å². The second-order valence-corrected chi connectivity index (χ2v) is 7.36. The Bertz CT molecular complexity index is 473. The van der Waals surface area contributed by atoms with E-state index in [1.54, 1.807) is 13.1 Å². The first-order valence-electron chi connectivity index (χ1n) is 5.77. The minimum Gasteiger partial charge on any atom is -0.348 e. The zero-order valence-corrected chi connectivity index (χ0v) is 13.6. The third kappa shape index (κ3) is 4.93. The lowest BCUT2D eigenvalue weighted by atomic mass is 10.1. The standard InChI is InChI=1S/C12H18BrN3O2S/c1-12(2,7-14)15-10(17)6-16(3)11(18)8-4-5-9(13)19-8/h4-5H,6-7,14H2,1-3H3,(H,15,17). The fourth-order valence-electron chi connectivity index (χ4n) is 1.37. The maximum absolute atomic E-state index is 12.0. The molecule has 0 aliphatic carbocycles. The van der Waals surface area contributed by atoms with Gasteiger partial charge in [-0.1, -0.05) is 0 Å². The van der Waals surface area contributed by atoms with Gasteiger partial charge in [-0.25, -0.2) is 0 Å². The number of hydrogen-bond donors (Lipinski definition) is 2. The van der Waals surface area contributed by atoms with Crippen molar-refractivity contribution in [3.63, 3.8) is 0 Å². The summed E-state index contributed by atoms with van der Waals surface area (Å²) >= 11 is 4.65. The molecule has 7 heteroatoms. The van der Waals surface area contributed by atoms with Crippen LogP contribution in [0.15, 0.2) is 15.9 Å². The predicted molar refractivity (Wildman–Crippen MR) is 80.3 cm³/mol. The molecule has 0 aliphatic heterocycles. The van der Waals surface area contributed by atoms with E-state index in [1.807, 2.05) is 19.9 Å². The van der Waals surface area contributed by atoms with Crippen LogP contribution in [0.3, 0.4) is 0 Å². The third-order valence-corrected chi connectivity index (χ3v) is 4.11. The Morgan fingerprint density at radius 1 is 1.47 bits per heavy atom. The number of nitrogens with two attached hydrogens (primary N) is 1. The number of nitrogens with zero attached hydrogens (tertiary/aromatic N) is 1. The van der Waals surface area contributed by atoms with E-state index in [-0.39, 0.29) is 18.4 Å². The van der Waals surface area contributed by atoms with Crippen molar-refractivity contribution in [3.05, 3.63) is 20.8 Å². The van der Waals surface area contributed by atoms with Gasteiger partial charge in [0, 0.05) is 19.1 Å². The van der Waals surface area contributed by atoms with Crippen LogP contribution in [0.2, 0.25) is 0 Å². The molecule has 1 heterocycles. The average Bonchev–Trinajstić information content (AvgIpc) is 2.74. The van der Waals surface area contributed by atoms with Gasteiger partial charge in [-0.05, 0) is 41.9 Å². The van der Waals surface area contributed by atoms with Crippen molar-refractivity contribution < 1.29 is 9.59 Å². The average molecular weight is 348 g/mol. The van der Waals surface area contributed by atoms with Crippen LogP contribution < -0.4 is 11.1 Å². The van der Waals surface area contributed by atoms with Gasteiger partial charge in [0.05, 0.1) is 15.2 Å². The van der Waals surface area contributed by atoms with Gasteiger partial charge in [0.1, 0.15) is 0 Å². The fourth-order valence-corrected chi connectivity index (χ4v) is 2.75. The van der Waals surface area contributed by atoms with Gasteiger partial charge < -0.3 is 16.0 Å². The van der Waals surface area contributed by atoms with Crippen LogP contribution in [0, 0.1) is 0 Å². The van der Waals surface area contributed by atoms with Gasteiger partial charge in [0.2, 0.25) is 5.91 Å². The zero-order valence-electron chi connectivity index (χ0n) is 11.2. The zero-order chi connectivity index (χ0) is 14.6. The highest BCUT2D eigenvalue weighted by molar-refractivity contribution is 9.11. The topological polar surface area (TPSA) is 75.4 Å². The van der Waals surface area contributed by atoms with Gasteiger partial charge in [-0.3, -0.25) is 9.59 Å². The Hall–Kier alpha value is -0.920. The summed E-state index contributed by atoms with van der Waals surface area (Å²) in [6, 6.07) is 3.54. The van der Waals surface area contributed by atoms with Gasteiger partial charge in [0.25, 0.3) is 5.91 Å². The lowest BCUT2D eigenvalue weighted by Gasteiger charge is -2.25. The molecule has 3 N–H and O–H groups in total. The van der Waals surface area contributed by atoms with Crippen LogP contribution in [0.4, 0.5) is 0 Å². The molecule has 1 aromatic rings. The van der Waals surface area contributed by atoms with E-state index < -0.39 is 5.54 Å². The summed E-state index contributed by atoms with van der Waals surface area (Å²) in [6.07, 6.45) is 0. The van der Waals surface area contributed by atoms with Crippen LogP contribution in [-0.2, 0) is 4.79 Å². The van der Waals surface area contributed by atoms with Gasteiger partial charge in [-0.15, -0.1) is 11.3 Å². The number of amides is 2. The first-order chi connectivity index (χ1) is 8.75. The number of rotatable bonds is 5. The van der Waals surface area contributed by atoms with E-state index in [0.717, 1.165) is 3.79 Å². The number of thiophene rings is 1. The largest absolute Gasteiger partial charge is 0.348 e. The maximum Gasteiger partial charge on any atom is 0.264 e. The molecular formula is C12H18BrN3O2S. The molecule has 0 saturated heterocycles. The molecule has 5 nitrogen and oxygen atoms in total. The quantitative estimate of drug-likeness (QED) is 0.845. The number of hydrogen-bond acceptors (Lipinski definition) is 4. The first-order valence-corrected chi connectivity index (χ1v) is 7.38. The van der Waals surface area contributed by atoms with Crippen LogP contribution in [0.25, 0.3) is 0 Å². The Kier molecular flexibility index (Phi) is 5.51. The minimum atomic E-state index is -0.465. The predicted octanol–water partition coefficient (Wildman–Crippen LogP) is 1.44. The highest BCUT2D eigenvalue weighted by Crippen LogP contribution is 2.22. The summed E-state index contributed by atoms with van der Waals surface area (Å²) in [6.45, 7) is 4.03. The molecule has 1 rings (SSSR count). The van der Waals surface area contributed by atoms with E-state index in [0.29, 0.717) is 11.4 Å². The van der Waals surface area contributed by atoms with Gasteiger partial charge in [-0.2, -0.15) is 0 Å². The van der Waals surface area contributed by atoms with Crippen molar-refractivity contribution in [1.29, 1.82) is 0 Å². The molecule has 2 amide bonds. The van der Waals surface area contributed by atoms with Gasteiger partial charge in [0.15, 0.2) is 0 Å². The van der Waals surface area contributed by atoms with E-state index in [9.17, 15) is 9.59 Å². The molecule has 0 spiro atoms. The summed E-state index contributed by atoms with van der Waals surface area (Å²) in [5, 5.41) is 2.78. The molecule has 0 aliphatic rings. The van der Waals surface area contributed by atoms with Crippen molar-refractivity contribution >= 4 is 39.1 Å². The van der Waals surface area contributed by atoms with E-state index in [4.69, 9.17) is 5.73 Å². The second-order valence-electron chi connectivity index (χ2n) is 4.90. The molecule has 0 radical (unpaired) electrons. The van der Waals surface area contributed by atoms with Crippen LogP contribution in [0.1, 0.15) is 23.5 Å². The molecule has 0 bridgehead atoms. The Morgan fingerprint density at radius 3 is 2.58 bits per heavy atom. The first kappa shape index (κ1) is 16.1. The Morgan fingerprint density at radius 2 is 2.11 bits per heavy atom. The van der Waals surface area contributed by atoms with Crippen LogP contribution in [0.5, 0.6) is 0 Å². The second kappa shape index (κ2) is 6.49. The molecule has 0 unspecified atom stereocenters. The number of likely N-dealkylation sites (N-methyl/N-ethyl adjacent to an activating group) is 1. The normalized spacial score (nSPS) is 11.2. The van der Waals surface area contributed by atoms with Crippen LogP contribution in [-0.4, -0.2) is 42.4 Å². The summed E-state index contributed by atoms with van der Waals surface area (Å²) in [7, 11) is 1.60. The lowest BCUT2D eigenvalue weighted by molar-refractivity contribution is -0.123. The summed E-state index contributed by atoms with van der Waals surface area (Å²) in [5.74, 6) is -0.390. The summed E-state index contributed by atoms with van der Waals surface area (Å²) in [4.78, 5) is 25.8. The lowest BCUT2D eigenvalue weighted by Crippen LogP contribution is -2.51. The van der Waals surface area contributed by atoms with Crippen LogP contribution >= 0.6 is 27.3 Å². The highest BCUT2D eigenvalue weighted by atomic mass is 79.9. The summed E-state index contributed by atoms with van der Waals surface area (Å²) < 4.78 is 0.887. The molecular weight excluding hydrogens is 330 g/mol. The Balaban J connectivity index is 2.57. The maximum atomic E-state index is 12.0. The van der Waals surface area contributed by atoms with E-state index in [2.05, 4.69) is 21.2 Å². The monoisotopic (exact) mass is 347 g/mol. The van der Waals surface area contributed by atoms with E-state index in [1.165, 1.54) is 16.2 Å². The SMILES string of the molecule is CN(CC(=O)NC(C)(C)CN)C(=O)c1ccc(Br)s1. The number of carbonyl (C=O) groups is 2. The highest BCUT2D eigenvalue weighted by Gasteiger charge is 2.21. The van der Waals surface area contributed by atoms with Crippen molar-refractivity contribution in [2.24, 2.45) is 5.73 Å². The minimum absolute atomic E-state index is 0.0117. The Labute approximate surface area is 125 Å².